The van der Waals surface area contributed by atoms with Gasteiger partial charge < -0.3 is 10.6 Å². The van der Waals surface area contributed by atoms with Crippen molar-refractivity contribution < 1.29 is 9.18 Å². The molecular formula is C27H26FIN6O. The van der Waals surface area contributed by atoms with Crippen molar-refractivity contribution >= 4 is 51.0 Å². The average molecular weight is 596 g/mol. The Morgan fingerprint density at radius 1 is 1.17 bits per heavy atom. The van der Waals surface area contributed by atoms with E-state index in [2.05, 4.69) is 37.5 Å². The van der Waals surface area contributed by atoms with E-state index in [-0.39, 0.29) is 5.91 Å². The van der Waals surface area contributed by atoms with Gasteiger partial charge in [0, 0.05) is 35.5 Å². The molecule has 0 aliphatic carbocycles. The lowest BCUT2D eigenvalue weighted by Crippen LogP contribution is -2.13. The van der Waals surface area contributed by atoms with Gasteiger partial charge in [0.25, 0.3) is 5.91 Å². The van der Waals surface area contributed by atoms with Crippen LogP contribution in [-0.4, -0.2) is 32.2 Å². The number of alkyl halides is 2. The highest BCUT2D eigenvalue weighted by Crippen LogP contribution is 2.34. The number of fused-ring (bicyclic) bond motifs is 1. The molecule has 1 atom stereocenters. The number of carbonyl (C=O) groups is 1. The predicted molar refractivity (Wildman–Crippen MR) is 149 cm³/mol. The maximum absolute atomic E-state index is 14.3. The van der Waals surface area contributed by atoms with E-state index in [1.807, 2.05) is 26.8 Å². The van der Waals surface area contributed by atoms with Gasteiger partial charge in [0.1, 0.15) is 17.8 Å². The minimum atomic E-state index is -1.53. The number of anilines is 2. The Bertz CT molecular complexity index is 1500. The molecule has 4 rings (SSSR count). The van der Waals surface area contributed by atoms with E-state index in [1.54, 1.807) is 63.7 Å². The van der Waals surface area contributed by atoms with Crippen LogP contribution in [0.4, 0.5) is 15.9 Å². The van der Waals surface area contributed by atoms with E-state index < -0.39 is 3.68 Å². The Balaban J connectivity index is 1.66. The number of halogens is 2. The molecule has 0 spiro atoms. The lowest BCUT2D eigenvalue weighted by Gasteiger charge is -2.14. The third kappa shape index (κ3) is 5.49. The molecule has 2 aromatic carbocycles. The summed E-state index contributed by atoms with van der Waals surface area (Å²) >= 11 is 1.73. The summed E-state index contributed by atoms with van der Waals surface area (Å²) in [5.74, 6) is 6.73. The van der Waals surface area contributed by atoms with Gasteiger partial charge in [-0.3, -0.25) is 4.79 Å². The first-order chi connectivity index (χ1) is 17.2. The Hall–Kier alpha value is -3.52. The van der Waals surface area contributed by atoms with Gasteiger partial charge in [-0.25, -0.2) is 19.0 Å². The molecule has 0 bridgehead atoms. The van der Waals surface area contributed by atoms with Crippen LogP contribution in [0.15, 0.2) is 48.8 Å². The summed E-state index contributed by atoms with van der Waals surface area (Å²) < 4.78 is 14.6. The zero-order chi connectivity index (χ0) is 25.9. The average Bonchev–Trinajstić information content (AvgIpc) is 3.22. The molecule has 0 fully saturated rings. The quantitative estimate of drug-likeness (QED) is 0.167. The van der Waals surface area contributed by atoms with E-state index >= 15 is 0 Å². The smallest absolute Gasteiger partial charge is 0.255 e. The molecule has 184 valence electrons. The van der Waals surface area contributed by atoms with Crippen LogP contribution in [0.5, 0.6) is 0 Å². The molecule has 0 radical (unpaired) electrons. The van der Waals surface area contributed by atoms with Crippen molar-refractivity contribution in [3.63, 3.8) is 0 Å². The molecule has 1 unspecified atom stereocenters. The van der Waals surface area contributed by atoms with Crippen LogP contribution < -0.4 is 10.6 Å². The summed E-state index contributed by atoms with van der Waals surface area (Å²) in [7, 11) is 0. The van der Waals surface area contributed by atoms with Crippen molar-refractivity contribution in [1.29, 1.82) is 0 Å². The fraction of sp³-hybridized carbons (Fsp3) is 0.259. The first-order valence-corrected chi connectivity index (χ1v) is 12.7. The second-order valence-electron chi connectivity index (χ2n) is 8.32. The van der Waals surface area contributed by atoms with Crippen LogP contribution in [0.1, 0.15) is 53.5 Å². The lowest BCUT2D eigenvalue weighted by atomic mass is 10.0. The Morgan fingerprint density at radius 2 is 1.97 bits per heavy atom. The summed E-state index contributed by atoms with van der Waals surface area (Å²) in [5, 5.41) is 11.5. The highest BCUT2D eigenvalue weighted by Gasteiger charge is 2.21. The van der Waals surface area contributed by atoms with Crippen LogP contribution in [0.2, 0.25) is 0 Å². The Labute approximate surface area is 223 Å². The maximum atomic E-state index is 14.3. The summed E-state index contributed by atoms with van der Waals surface area (Å²) in [5.41, 5.74) is 4.39. The molecule has 0 aliphatic rings. The minimum absolute atomic E-state index is 0.298. The van der Waals surface area contributed by atoms with Crippen molar-refractivity contribution in [3.05, 3.63) is 76.7 Å². The first kappa shape index (κ1) is 25.6. The van der Waals surface area contributed by atoms with Gasteiger partial charge >= 0.3 is 0 Å². The molecule has 0 saturated carbocycles. The largest absolute Gasteiger partial charge is 0.370 e. The van der Waals surface area contributed by atoms with Crippen molar-refractivity contribution in [3.8, 4) is 11.8 Å². The van der Waals surface area contributed by atoms with Crippen LogP contribution in [0.25, 0.3) is 11.0 Å². The normalized spacial score (nSPS) is 12.5. The Morgan fingerprint density at radius 3 is 2.69 bits per heavy atom. The minimum Gasteiger partial charge on any atom is -0.370 e. The Kier molecular flexibility index (Phi) is 7.54. The van der Waals surface area contributed by atoms with Crippen molar-refractivity contribution in [2.24, 2.45) is 0 Å². The molecule has 2 heterocycles. The van der Waals surface area contributed by atoms with Gasteiger partial charge in [-0.2, -0.15) is 5.10 Å². The zero-order valence-electron chi connectivity index (χ0n) is 20.5. The molecule has 0 saturated heterocycles. The molecule has 0 aliphatic heterocycles. The summed E-state index contributed by atoms with van der Waals surface area (Å²) in [6.07, 6.45) is 1.52. The van der Waals surface area contributed by atoms with Gasteiger partial charge in [-0.05, 0) is 86.0 Å². The van der Waals surface area contributed by atoms with Gasteiger partial charge in [0.15, 0.2) is 9.32 Å². The monoisotopic (exact) mass is 596 g/mol. The number of hydrogen-bond acceptors (Lipinski definition) is 5. The van der Waals surface area contributed by atoms with Crippen LogP contribution in [0.3, 0.4) is 0 Å². The van der Waals surface area contributed by atoms with Gasteiger partial charge in [-0.1, -0.05) is 24.1 Å². The zero-order valence-corrected chi connectivity index (χ0v) is 22.6. The van der Waals surface area contributed by atoms with Crippen molar-refractivity contribution in [2.75, 3.05) is 17.2 Å². The van der Waals surface area contributed by atoms with E-state index in [9.17, 15) is 9.18 Å². The van der Waals surface area contributed by atoms with Gasteiger partial charge in [0.2, 0.25) is 0 Å². The van der Waals surface area contributed by atoms with Crippen molar-refractivity contribution in [2.45, 2.75) is 37.9 Å². The number of amides is 1. The van der Waals surface area contributed by atoms with Crippen molar-refractivity contribution in [1.82, 2.24) is 19.7 Å². The number of carbonyl (C=O) groups excluding carboxylic acids is 1. The third-order valence-electron chi connectivity index (χ3n) is 5.62. The van der Waals surface area contributed by atoms with E-state index in [0.717, 1.165) is 16.6 Å². The second kappa shape index (κ2) is 10.6. The summed E-state index contributed by atoms with van der Waals surface area (Å²) in [4.78, 5) is 21.7. The summed E-state index contributed by atoms with van der Waals surface area (Å²) in [6.45, 7) is 8.76. The standard InChI is InChI=1S/C27H26FIN6O/c1-5-30-24-23-22(34-35(6-2)25(23)32-16-31-24)13-12-18-14-19(11-10-17(18)3)26(36)33-21-9-7-8-20(15-21)27(4,28)29/h7-11,14-16H,5-6H2,1-4H3,(H,33,36)(H,30,31,32). The predicted octanol–water partition coefficient (Wildman–Crippen LogP) is 5.82. The van der Waals surface area contributed by atoms with E-state index in [4.69, 9.17) is 0 Å². The molecule has 2 aromatic heterocycles. The molecule has 9 heteroatoms. The highest BCUT2D eigenvalue weighted by atomic mass is 127. The number of nitrogens with one attached hydrogen (secondary N) is 2. The molecule has 7 nitrogen and oxygen atoms in total. The number of hydrogen-bond donors (Lipinski definition) is 2. The van der Waals surface area contributed by atoms with Crippen LogP contribution in [0, 0.1) is 18.8 Å². The molecule has 36 heavy (non-hydrogen) atoms. The van der Waals surface area contributed by atoms with E-state index in [0.29, 0.717) is 47.0 Å². The number of aryl methyl sites for hydroxylation is 2. The third-order valence-corrected chi connectivity index (χ3v) is 6.24. The van der Waals surface area contributed by atoms with Crippen LogP contribution in [-0.2, 0) is 10.2 Å². The number of rotatable bonds is 6. The van der Waals surface area contributed by atoms with Gasteiger partial charge in [0.05, 0.1) is 5.39 Å². The fourth-order valence-corrected chi connectivity index (χ4v) is 4.05. The molecule has 2 N–H and O–H groups in total. The highest BCUT2D eigenvalue weighted by molar-refractivity contribution is 14.1. The van der Waals surface area contributed by atoms with E-state index in [1.165, 1.54) is 13.3 Å². The molecular weight excluding hydrogens is 570 g/mol. The number of nitrogens with zero attached hydrogens (tertiary/aromatic N) is 4. The summed E-state index contributed by atoms with van der Waals surface area (Å²) in [6, 6.07) is 12.1. The molecule has 4 aromatic rings. The van der Waals surface area contributed by atoms with Crippen LogP contribution >= 0.6 is 22.6 Å². The number of aromatic nitrogens is 4. The topological polar surface area (TPSA) is 84.7 Å². The lowest BCUT2D eigenvalue weighted by molar-refractivity contribution is 0.102. The maximum Gasteiger partial charge on any atom is 0.255 e. The first-order valence-electron chi connectivity index (χ1n) is 11.6. The second-order valence-corrected chi connectivity index (χ2v) is 10.3. The van der Waals surface area contributed by atoms with Gasteiger partial charge in [-0.15, -0.1) is 0 Å². The molecule has 1 amide bonds. The fourth-order valence-electron chi connectivity index (χ4n) is 3.72. The SMILES string of the molecule is CCNc1ncnc2c1c(C#Cc1cc(C(=O)Nc3cccc(C(C)(F)I)c3)ccc1C)nn2CC. The number of benzene rings is 2.